The highest BCUT2D eigenvalue weighted by atomic mass is 32.2. The molecule has 0 unspecified atom stereocenters. The van der Waals surface area contributed by atoms with Crippen molar-refractivity contribution in [2.75, 3.05) is 38.2 Å². The van der Waals surface area contributed by atoms with E-state index in [0.29, 0.717) is 37.7 Å². The minimum absolute atomic E-state index is 0.322. The molecule has 146 valence electrons. The molecule has 7 heteroatoms. The Morgan fingerprint density at radius 1 is 1.00 bits per heavy atom. The summed E-state index contributed by atoms with van der Waals surface area (Å²) in [6.45, 7) is 2.55. The minimum Gasteiger partial charge on any atom is -0.380 e. The normalized spacial score (nSPS) is 15.8. The van der Waals surface area contributed by atoms with Gasteiger partial charge in [-0.3, -0.25) is 4.98 Å². The number of hydrogen-bond acceptors (Lipinski definition) is 5. The van der Waals surface area contributed by atoms with Crippen LogP contribution in [-0.4, -0.2) is 51.0 Å². The molecule has 0 radical (unpaired) electrons. The highest BCUT2D eigenvalue weighted by Gasteiger charge is 2.29. The van der Waals surface area contributed by atoms with E-state index >= 15 is 0 Å². The minimum atomic E-state index is -3.52. The third kappa shape index (κ3) is 3.61. The van der Waals surface area contributed by atoms with Gasteiger partial charge < -0.3 is 9.64 Å². The molecule has 1 aliphatic rings. The van der Waals surface area contributed by atoms with Crippen LogP contribution in [0.1, 0.15) is 5.56 Å². The van der Waals surface area contributed by atoms with E-state index in [4.69, 9.17) is 4.74 Å². The molecule has 0 spiro atoms. The molecular weight excluding hydrogens is 374 g/mol. The first-order valence-electron chi connectivity index (χ1n) is 9.25. The lowest BCUT2D eigenvalue weighted by Gasteiger charge is -2.35. The first-order valence-corrected chi connectivity index (χ1v) is 10.7. The van der Waals surface area contributed by atoms with E-state index in [0.717, 1.165) is 22.0 Å². The van der Waals surface area contributed by atoms with Gasteiger partial charge in [-0.15, -0.1) is 0 Å². The molecule has 1 saturated heterocycles. The van der Waals surface area contributed by atoms with Gasteiger partial charge in [-0.25, -0.2) is 8.42 Å². The van der Waals surface area contributed by atoms with Crippen molar-refractivity contribution in [3.63, 3.8) is 0 Å². The second kappa shape index (κ2) is 7.87. The zero-order valence-electron chi connectivity index (χ0n) is 15.8. The number of sulfonamides is 1. The number of aromatic nitrogens is 1. The molecule has 0 N–H and O–H groups in total. The number of benzene rings is 2. The maximum absolute atomic E-state index is 13.1. The fourth-order valence-corrected chi connectivity index (χ4v) is 5.13. The van der Waals surface area contributed by atoms with Gasteiger partial charge in [0.05, 0.1) is 23.4 Å². The van der Waals surface area contributed by atoms with E-state index < -0.39 is 10.0 Å². The van der Waals surface area contributed by atoms with E-state index in [-0.39, 0.29) is 0 Å². The van der Waals surface area contributed by atoms with Crippen molar-refractivity contribution >= 4 is 26.5 Å². The number of pyridine rings is 1. The summed E-state index contributed by atoms with van der Waals surface area (Å²) in [5.74, 6) is 0. The third-order valence-electron chi connectivity index (χ3n) is 5.07. The average molecular weight is 398 g/mol. The van der Waals surface area contributed by atoms with Crippen molar-refractivity contribution in [1.29, 1.82) is 0 Å². The van der Waals surface area contributed by atoms with Crippen LogP contribution in [-0.2, 0) is 21.4 Å². The van der Waals surface area contributed by atoms with Crippen LogP contribution in [0.4, 0.5) is 5.69 Å². The fraction of sp³-hybridized carbons (Fsp3) is 0.286. The molecule has 2 aromatic carbocycles. The van der Waals surface area contributed by atoms with Crippen molar-refractivity contribution < 1.29 is 13.2 Å². The Kier molecular flexibility index (Phi) is 5.30. The highest BCUT2D eigenvalue weighted by Crippen LogP contribution is 2.27. The van der Waals surface area contributed by atoms with Gasteiger partial charge in [-0.05, 0) is 17.7 Å². The van der Waals surface area contributed by atoms with Crippen molar-refractivity contribution in [2.24, 2.45) is 0 Å². The lowest BCUT2D eigenvalue weighted by molar-refractivity contribution is 0.184. The Hall–Kier alpha value is -2.48. The summed E-state index contributed by atoms with van der Waals surface area (Å²) in [7, 11) is -1.92. The van der Waals surface area contributed by atoms with Crippen molar-refractivity contribution in [1.82, 2.24) is 9.29 Å². The highest BCUT2D eigenvalue weighted by molar-refractivity contribution is 7.89. The molecule has 0 saturated carbocycles. The molecule has 0 atom stereocenters. The Morgan fingerprint density at radius 2 is 1.79 bits per heavy atom. The predicted molar refractivity (Wildman–Crippen MR) is 110 cm³/mol. The zero-order chi connectivity index (χ0) is 19.6. The molecule has 4 rings (SSSR count). The molecule has 0 amide bonds. The summed E-state index contributed by atoms with van der Waals surface area (Å²) in [6, 6.07) is 15.1. The average Bonchev–Trinajstić information content (AvgIpc) is 2.74. The monoisotopic (exact) mass is 397 g/mol. The number of nitrogens with zero attached hydrogens (tertiary/aromatic N) is 3. The van der Waals surface area contributed by atoms with Crippen LogP contribution in [0.5, 0.6) is 0 Å². The van der Waals surface area contributed by atoms with Gasteiger partial charge in [0.2, 0.25) is 10.0 Å². The van der Waals surface area contributed by atoms with E-state index in [1.165, 1.54) is 0 Å². The Labute approximate surface area is 165 Å². The predicted octanol–water partition coefficient (Wildman–Crippen LogP) is 2.89. The van der Waals surface area contributed by atoms with Gasteiger partial charge >= 0.3 is 0 Å². The number of anilines is 1. The van der Waals surface area contributed by atoms with Crippen molar-refractivity contribution in [3.05, 3.63) is 66.5 Å². The van der Waals surface area contributed by atoms with Crippen LogP contribution in [0.3, 0.4) is 0 Å². The van der Waals surface area contributed by atoms with Crippen LogP contribution >= 0.6 is 0 Å². The maximum Gasteiger partial charge on any atom is 0.243 e. The van der Waals surface area contributed by atoms with Gasteiger partial charge in [0.15, 0.2) is 0 Å². The molecule has 0 aliphatic carbocycles. The molecule has 6 nitrogen and oxygen atoms in total. The number of fused-ring (bicyclic) bond motifs is 1. The fourth-order valence-electron chi connectivity index (χ4n) is 3.63. The number of piperazine rings is 1. The summed E-state index contributed by atoms with van der Waals surface area (Å²) in [6.07, 6.45) is 3.72. The molecule has 1 aliphatic heterocycles. The van der Waals surface area contributed by atoms with E-state index in [1.54, 1.807) is 29.6 Å². The summed E-state index contributed by atoms with van der Waals surface area (Å²) in [5.41, 5.74) is 1.90. The molecule has 3 aromatic rings. The number of methoxy groups -OCH3 is 1. The first kappa shape index (κ1) is 18.9. The number of rotatable bonds is 5. The molecule has 0 bridgehead atoms. The third-order valence-corrected chi connectivity index (χ3v) is 6.97. The number of ether oxygens (including phenoxy) is 1. The quantitative estimate of drug-likeness (QED) is 0.662. The molecular formula is C21H23N3O3S. The van der Waals surface area contributed by atoms with Gasteiger partial charge in [0, 0.05) is 50.3 Å². The van der Waals surface area contributed by atoms with Gasteiger partial charge in [0.25, 0.3) is 0 Å². The topological polar surface area (TPSA) is 62.7 Å². The summed E-state index contributed by atoms with van der Waals surface area (Å²) >= 11 is 0. The van der Waals surface area contributed by atoms with E-state index in [9.17, 15) is 8.42 Å². The Morgan fingerprint density at radius 3 is 2.57 bits per heavy atom. The SMILES string of the molecule is COCc1cccc(S(=O)(=O)N2CCN(c3cncc4ccccc34)CC2)c1. The first-order chi connectivity index (χ1) is 13.6. The summed E-state index contributed by atoms with van der Waals surface area (Å²) in [5, 5.41) is 2.23. The summed E-state index contributed by atoms with van der Waals surface area (Å²) in [4.78, 5) is 6.88. The van der Waals surface area contributed by atoms with Crippen LogP contribution < -0.4 is 4.90 Å². The molecule has 28 heavy (non-hydrogen) atoms. The second-order valence-electron chi connectivity index (χ2n) is 6.85. The van der Waals surface area contributed by atoms with Gasteiger partial charge in [0.1, 0.15) is 0 Å². The lowest BCUT2D eigenvalue weighted by atomic mass is 10.1. The van der Waals surface area contributed by atoms with Crippen LogP contribution in [0.15, 0.2) is 65.8 Å². The van der Waals surface area contributed by atoms with Gasteiger partial charge in [-0.1, -0.05) is 36.4 Å². The van der Waals surface area contributed by atoms with Crippen molar-refractivity contribution in [2.45, 2.75) is 11.5 Å². The summed E-state index contributed by atoms with van der Waals surface area (Å²) < 4.78 is 32.8. The van der Waals surface area contributed by atoms with Crippen LogP contribution in [0.2, 0.25) is 0 Å². The number of hydrogen-bond donors (Lipinski definition) is 0. The largest absolute Gasteiger partial charge is 0.380 e. The standard InChI is InChI=1S/C21H23N3O3S/c1-27-16-17-5-4-7-19(13-17)28(25,26)24-11-9-23(10-12-24)21-15-22-14-18-6-2-3-8-20(18)21/h2-8,13-15H,9-12,16H2,1H3. The van der Waals surface area contributed by atoms with E-state index in [2.05, 4.69) is 16.0 Å². The second-order valence-corrected chi connectivity index (χ2v) is 8.79. The zero-order valence-corrected chi connectivity index (χ0v) is 16.6. The van der Waals surface area contributed by atoms with E-state index in [1.807, 2.05) is 36.7 Å². The Bertz CT molecular complexity index is 1070. The molecule has 1 fully saturated rings. The van der Waals surface area contributed by atoms with Crippen molar-refractivity contribution in [3.8, 4) is 0 Å². The molecule has 1 aromatic heterocycles. The van der Waals surface area contributed by atoms with Gasteiger partial charge in [-0.2, -0.15) is 4.31 Å². The van der Waals surface area contributed by atoms with Crippen LogP contribution in [0.25, 0.3) is 10.8 Å². The lowest BCUT2D eigenvalue weighted by Crippen LogP contribution is -2.48. The molecule has 2 heterocycles. The maximum atomic E-state index is 13.1. The smallest absolute Gasteiger partial charge is 0.243 e. The van der Waals surface area contributed by atoms with Crippen LogP contribution in [0, 0.1) is 0 Å². The Balaban J connectivity index is 1.53.